The number of allylic oxidation sites excluding steroid dienone is 1. The van der Waals surface area contributed by atoms with Crippen molar-refractivity contribution in [3.05, 3.63) is 41.7 Å². The Hall–Kier alpha value is -1.68. The average molecular weight is 277 g/mol. The van der Waals surface area contributed by atoms with Crippen LogP contribution in [0.25, 0.3) is 5.57 Å². The highest BCUT2D eigenvalue weighted by atomic mass is 19.1. The van der Waals surface area contributed by atoms with Gasteiger partial charge in [-0.2, -0.15) is 0 Å². The molecule has 0 aliphatic carbocycles. The first-order valence-corrected chi connectivity index (χ1v) is 6.84. The minimum atomic E-state index is -0.274. The molecule has 1 aliphatic rings. The Morgan fingerprint density at radius 2 is 1.80 bits per heavy atom. The highest BCUT2D eigenvalue weighted by Gasteiger charge is 2.24. The molecule has 0 spiro atoms. The van der Waals surface area contributed by atoms with Crippen molar-refractivity contribution in [3.63, 3.8) is 0 Å². The van der Waals surface area contributed by atoms with Crippen molar-refractivity contribution in [2.75, 3.05) is 13.1 Å². The van der Waals surface area contributed by atoms with E-state index in [4.69, 9.17) is 4.74 Å². The summed E-state index contributed by atoms with van der Waals surface area (Å²) in [5, 5.41) is 0. The van der Waals surface area contributed by atoms with Gasteiger partial charge in [-0.25, -0.2) is 4.39 Å². The maximum absolute atomic E-state index is 12.9. The van der Waals surface area contributed by atoms with Gasteiger partial charge in [-0.05, 0) is 44.0 Å². The van der Waals surface area contributed by atoms with Gasteiger partial charge in [-0.3, -0.25) is 4.79 Å². The lowest BCUT2D eigenvalue weighted by Gasteiger charge is -2.34. The minimum absolute atomic E-state index is 0.0196. The fourth-order valence-corrected chi connectivity index (χ4v) is 2.43. The SMILES string of the molecule is C/C(=C/C(=O)N1CC(C)OC(C)C1)c1ccc(F)cc1. The number of morpholine rings is 1. The number of carbonyl (C=O) groups is 1. The predicted octanol–water partition coefficient (Wildman–Crippen LogP) is 2.86. The van der Waals surface area contributed by atoms with Gasteiger partial charge in [0.2, 0.25) is 5.91 Å². The normalized spacial score (nSPS) is 23.8. The van der Waals surface area contributed by atoms with Crippen LogP contribution in [0.15, 0.2) is 30.3 Å². The highest BCUT2D eigenvalue weighted by Crippen LogP contribution is 2.16. The smallest absolute Gasteiger partial charge is 0.247 e. The van der Waals surface area contributed by atoms with Crippen LogP contribution in [0.3, 0.4) is 0 Å². The first-order chi connectivity index (χ1) is 9.45. The van der Waals surface area contributed by atoms with Crippen molar-refractivity contribution in [2.24, 2.45) is 0 Å². The van der Waals surface area contributed by atoms with Crippen LogP contribution >= 0.6 is 0 Å². The molecule has 0 saturated carbocycles. The average Bonchev–Trinajstić information content (AvgIpc) is 2.38. The lowest BCUT2D eigenvalue weighted by molar-refractivity contribution is -0.137. The van der Waals surface area contributed by atoms with E-state index in [9.17, 15) is 9.18 Å². The topological polar surface area (TPSA) is 29.5 Å². The van der Waals surface area contributed by atoms with Crippen molar-refractivity contribution in [1.29, 1.82) is 0 Å². The lowest BCUT2D eigenvalue weighted by Crippen LogP contribution is -2.47. The molecular formula is C16H20FNO2. The van der Waals surface area contributed by atoms with Gasteiger partial charge >= 0.3 is 0 Å². The number of halogens is 1. The van der Waals surface area contributed by atoms with Crippen LogP contribution in [0, 0.1) is 5.82 Å². The Kier molecular flexibility index (Phi) is 4.55. The maximum atomic E-state index is 12.9. The molecule has 1 amide bonds. The summed E-state index contributed by atoms with van der Waals surface area (Å²) in [4.78, 5) is 14.1. The summed E-state index contributed by atoms with van der Waals surface area (Å²) < 4.78 is 18.5. The third-order valence-corrected chi connectivity index (χ3v) is 3.37. The van der Waals surface area contributed by atoms with Crippen LogP contribution in [-0.4, -0.2) is 36.1 Å². The monoisotopic (exact) mass is 277 g/mol. The zero-order valence-electron chi connectivity index (χ0n) is 12.1. The van der Waals surface area contributed by atoms with Gasteiger partial charge in [0.15, 0.2) is 0 Å². The fourth-order valence-electron chi connectivity index (χ4n) is 2.43. The summed E-state index contributed by atoms with van der Waals surface area (Å²) in [7, 11) is 0. The van der Waals surface area contributed by atoms with E-state index in [-0.39, 0.29) is 23.9 Å². The van der Waals surface area contributed by atoms with E-state index in [0.717, 1.165) is 11.1 Å². The highest BCUT2D eigenvalue weighted by molar-refractivity contribution is 5.94. The lowest BCUT2D eigenvalue weighted by atomic mass is 10.1. The van der Waals surface area contributed by atoms with Crippen LogP contribution in [0.5, 0.6) is 0 Å². The van der Waals surface area contributed by atoms with Crippen LogP contribution in [0.1, 0.15) is 26.3 Å². The van der Waals surface area contributed by atoms with Gasteiger partial charge in [0.1, 0.15) is 5.82 Å². The molecule has 3 nitrogen and oxygen atoms in total. The fraction of sp³-hybridized carbons (Fsp3) is 0.438. The number of hydrogen-bond donors (Lipinski definition) is 0. The standard InChI is InChI=1S/C16H20FNO2/c1-11(14-4-6-15(17)7-5-14)8-16(19)18-9-12(2)20-13(3)10-18/h4-8,12-13H,9-10H2,1-3H3/b11-8-. The molecule has 1 aliphatic heterocycles. The molecule has 108 valence electrons. The number of ether oxygens (including phenoxy) is 1. The summed E-state index contributed by atoms with van der Waals surface area (Å²) in [6.45, 7) is 7.00. The second-order valence-electron chi connectivity index (χ2n) is 5.33. The summed E-state index contributed by atoms with van der Waals surface area (Å²) in [5.41, 5.74) is 1.69. The largest absolute Gasteiger partial charge is 0.372 e. The molecule has 1 fully saturated rings. The van der Waals surface area contributed by atoms with Crippen LogP contribution in [0.4, 0.5) is 4.39 Å². The molecule has 0 N–H and O–H groups in total. The molecule has 1 heterocycles. The van der Waals surface area contributed by atoms with E-state index >= 15 is 0 Å². The van der Waals surface area contributed by atoms with Gasteiger partial charge in [0, 0.05) is 19.2 Å². The van der Waals surface area contributed by atoms with Crippen LogP contribution in [0.2, 0.25) is 0 Å². The van der Waals surface area contributed by atoms with E-state index < -0.39 is 0 Å². The summed E-state index contributed by atoms with van der Waals surface area (Å²) in [6.07, 6.45) is 1.72. The van der Waals surface area contributed by atoms with Crippen molar-refractivity contribution in [3.8, 4) is 0 Å². The van der Waals surface area contributed by atoms with E-state index in [2.05, 4.69) is 0 Å². The van der Waals surface area contributed by atoms with E-state index in [1.807, 2.05) is 20.8 Å². The molecule has 2 rings (SSSR count). The number of rotatable bonds is 2. The molecule has 2 unspecified atom stereocenters. The molecule has 1 aromatic rings. The summed E-state index contributed by atoms with van der Waals surface area (Å²) >= 11 is 0. The number of hydrogen-bond acceptors (Lipinski definition) is 2. The molecule has 1 aromatic carbocycles. The number of nitrogens with zero attached hydrogens (tertiary/aromatic N) is 1. The Balaban J connectivity index is 2.09. The third kappa shape index (κ3) is 3.67. The molecule has 4 heteroatoms. The maximum Gasteiger partial charge on any atom is 0.247 e. The summed E-state index contributed by atoms with van der Waals surface area (Å²) in [6, 6.07) is 6.16. The van der Waals surface area contributed by atoms with Crippen molar-refractivity contribution in [1.82, 2.24) is 4.90 Å². The molecular weight excluding hydrogens is 257 g/mol. The van der Waals surface area contributed by atoms with Crippen LogP contribution < -0.4 is 0 Å². The number of amides is 1. The third-order valence-electron chi connectivity index (χ3n) is 3.37. The van der Waals surface area contributed by atoms with Crippen LogP contribution in [-0.2, 0) is 9.53 Å². The zero-order chi connectivity index (χ0) is 14.7. The molecule has 0 aromatic heterocycles. The van der Waals surface area contributed by atoms with Crippen molar-refractivity contribution >= 4 is 11.5 Å². The minimum Gasteiger partial charge on any atom is -0.372 e. The molecule has 0 bridgehead atoms. The zero-order valence-corrected chi connectivity index (χ0v) is 12.1. The predicted molar refractivity (Wildman–Crippen MR) is 76.6 cm³/mol. The first-order valence-electron chi connectivity index (χ1n) is 6.84. The Morgan fingerprint density at radius 3 is 2.35 bits per heavy atom. The summed E-state index contributed by atoms with van der Waals surface area (Å²) in [5.74, 6) is -0.294. The first kappa shape index (κ1) is 14.7. The van der Waals surface area contributed by atoms with Gasteiger partial charge in [0.05, 0.1) is 12.2 Å². The number of carbonyl (C=O) groups excluding carboxylic acids is 1. The number of benzene rings is 1. The second kappa shape index (κ2) is 6.18. The molecule has 2 atom stereocenters. The molecule has 0 radical (unpaired) electrons. The van der Waals surface area contributed by atoms with Gasteiger partial charge in [-0.15, -0.1) is 0 Å². The van der Waals surface area contributed by atoms with Gasteiger partial charge in [-0.1, -0.05) is 12.1 Å². The van der Waals surface area contributed by atoms with Gasteiger partial charge < -0.3 is 9.64 Å². The Labute approximate surface area is 119 Å². The van der Waals surface area contributed by atoms with E-state index in [0.29, 0.717) is 13.1 Å². The van der Waals surface area contributed by atoms with Crippen molar-refractivity contribution < 1.29 is 13.9 Å². The van der Waals surface area contributed by atoms with Gasteiger partial charge in [0.25, 0.3) is 0 Å². The Bertz CT molecular complexity index is 500. The van der Waals surface area contributed by atoms with E-state index in [1.54, 1.807) is 23.1 Å². The quantitative estimate of drug-likeness (QED) is 0.778. The molecule has 1 saturated heterocycles. The Morgan fingerprint density at radius 1 is 1.25 bits per heavy atom. The second-order valence-corrected chi connectivity index (χ2v) is 5.33. The van der Waals surface area contributed by atoms with Crippen molar-refractivity contribution in [2.45, 2.75) is 33.0 Å². The molecule has 20 heavy (non-hydrogen) atoms. The van der Waals surface area contributed by atoms with E-state index in [1.165, 1.54) is 12.1 Å².